The molecule has 1 heterocycles. The zero-order chi connectivity index (χ0) is 14.9. The van der Waals surface area contributed by atoms with Gasteiger partial charge in [0.25, 0.3) is 0 Å². The Morgan fingerprint density at radius 2 is 2.05 bits per heavy atom. The van der Waals surface area contributed by atoms with Gasteiger partial charge in [-0.05, 0) is 43.7 Å². The molecule has 1 amide bonds. The maximum atomic E-state index is 12.7. The normalized spacial score (nSPS) is 10.5. The molecule has 0 saturated heterocycles. The van der Waals surface area contributed by atoms with Gasteiger partial charge >= 0.3 is 0 Å². The summed E-state index contributed by atoms with van der Waals surface area (Å²) in [6.45, 7) is 1.97. The maximum Gasteiger partial charge on any atom is 0.238 e. The Kier molecular flexibility index (Phi) is 5.90. The molecule has 21 heavy (non-hydrogen) atoms. The summed E-state index contributed by atoms with van der Waals surface area (Å²) in [7, 11) is 0. The molecule has 112 valence electrons. The minimum Gasteiger partial charge on any atom is -0.337 e. The highest BCUT2D eigenvalue weighted by Gasteiger charge is 2.01. The second kappa shape index (κ2) is 8.16. The fourth-order valence-corrected chi connectivity index (χ4v) is 1.90. The van der Waals surface area contributed by atoms with Crippen molar-refractivity contribution in [1.29, 1.82) is 0 Å². The summed E-state index contributed by atoms with van der Waals surface area (Å²) in [4.78, 5) is 15.6. The van der Waals surface area contributed by atoms with Crippen LogP contribution in [0, 0.1) is 5.82 Å². The number of nitrogens with one attached hydrogen (secondary N) is 2. The van der Waals surface area contributed by atoms with Gasteiger partial charge in [0.15, 0.2) is 0 Å². The van der Waals surface area contributed by atoms with Crippen molar-refractivity contribution in [3.63, 3.8) is 0 Å². The summed E-state index contributed by atoms with van der Waals surface area (Å²) < 4.78 is 14.7. The molecule has 0 spiro atoms. The Morgan fingerprint density at radius 3 is 2.76 bits per heavy atom. The Morgan fingerprint density at radius 1 is 1.24 bits per heavy atom. The standard InChI is InChI=1S/C15H19FN4O/c16-13-3-5-14(6-4-13)19-15(21)11-17-7-1-2-9-20-10-8-18-12-20/h3-6,8,10,12,17H,1-2,7,9,11H2,(H,19,21). The summed E-state index contributed by atoms with van der Waals surface area (Å²) in [5.74, 6) is -0.444. The lowest BCUT2D eigenvalue weighted by Crippen LogP contribution is -2.28. The molecule has 2 aromatic rings. The lowest BCUT2D eigenvalue weighted by molar-refractivity contribution is -0.115. The van der Waals surface area contributed by atoms with Gasteiger partial charge in [-0.25, -0.2) is 9.37 Å². The molecule has 0 bridgehead atoms. The van der Waals surface area contributed by atoms with Crippen LogP contribution in [-0.2, 0) is 11.3 Å². The molecular formula is C15H19FN4O. The number of carbonyl (C=O) groups excluding carboxylic acids is 1. The van der Waals surface area contributed by atoms with Crippen molar-refractivity contribution < 1.29 is 9.18 Å². The van der Waals surface area contributed by atoms with Crippen molar-refractivity contribution >= 4 is 11.6 Å². The summed E-state index contributed by atoms with van der Waals surface area (Å²) in [5, 5.41) is 5.79. The number of halogens is 1. The van der Waals surface area contributed by atoms with Gasteiger partial charge in [-0.1, -0.05) is 0 Å². The van der Waals surface area contributed by atoms with Crippen molar-refractivity contribution in [3.8, 4) is 0 Å². The molecule has 0 aliphatic rings. The summed E-state index contributed by atoms with van der Waals surface area (Å²) in [6, 6.07) is 5.72. The second-order valence-electron chi connectivity index (χ2n) is 4.74. The molecule has 2 rings (SSSR count). The van der Waals surface area contributed by atoms with Gasteiger partial charge < -0.3 is 15.2 Å². The number of aryl methyl sites for hydroxylation is 1. The van der Waals surface area contributed by atoms with Crippen molar-refractivity contribution in [2.24, 2.45) is 0 Å². The van der Waals surface area contributed by atoms with Crippen molar-refractivity contribution in [1.82, 2.24) is 14.9 Å². The highest BCUT2D eigenvalue weighted by Crippen LogP contribution is 2.07. The molecule has 0 aliphatic carbocycles. The number of aromatic nitrogens is 2. The van der Waals surface area contributed by atoms with Gasteiger partial charge in [-0.3, -0.25) is 4.79 Å². The smallest absolute Gasteiger partial charge is 0.238 e. The van der Waals surface area contributed by atoms with Crippen LogP contribution < -0.4 is 10.6 Å². The molecule has 5 nitrogen and oxygen atoms in total. The van der Waals surface area contributed by atoms with E-state index in [1.165, 1.54) is 12.1 Å². The van der Waals surface area contributed by atoms with E-state index in [4.69, 9.17) is 0 Å². The third-order valence-corrected chi connectivity index (χ3v) is 2.99. The molecule has 0 saturated carbocycles. The van der Waals surface area contributed by atoms with E-state index < -0.39 is 0 Å². The quantitative estimate of drug-likeness (QED) is 0.731. The number of hydrogen-bond donors (Lipinski definition) is 2. The van der Waals surface area contributed by atoms with E-state index >= 15 is 0 Å². The molecule has 6 heteroatoms. The minimum atomic E-state index is -0.316. The van der Waals surface area contributed by atoms with E-state index in [0.29, 0.717) is 5.69 Å². The lowest BCUT2D eigenvalue weighted by Gasteiger charge is -2.07. The van der Waals surface area contributed by atoms with Crippen LogP contribution in [0.3, 0.4) is 0 Å². The van der Waals surface area contributed by atoms with Crippen LogP contribution in [-0.4, -0.2) is 28.5 Å². The van der Waals surface area contributed by atoms with Crippen LogP contribution in [0.15, 0.2) is 43.0 Å². The fourth-order valence-electron chi connectivity index (χ4n) is 1.90. The highest BCUT2D eigenvalue weighted by atomic mass is 19.1. The van der Waals surface area contributed by atoms with E-state index in [1.807, 2.05) is 10.8 Å². The molecule has 0 radical (unpaired) electrons. The molecular weight excluding hydrogens is 271 g/mol. The summed E-state index contributed by atoms with van der Waals surface area (Å²) >= 11 is 0. The number of hydrogen-bond acceptors (Lipinski definition) is 3. The van der Waals surface area contributed by atoms with Crippen molar-refractivity contribution in [2.45, 2.75) is 19.4 Å². The van der Waals surface area contributed by atoms with Crippen LogP contribution in [0.2, 0.25) is 0 Å². The zero-order valence-electron chi connectivity index (χ0n) is 11.8. The van der Waals surface area contributed by atoms with Gasteiger partial charge in [0.2, 0.25) is 5.91 Å². The molecule has 1 aromatic carbocycles. The van der Waals surface area contributed by atoms with Crippen LogP contribution >= 0.6 is 0 Å². The van der Waals surface area contributed by atoms with E-state index in [9.17, 15) is 9.18 Å². The third kappa shape index (κ3) is 5.74. The van der Waals surface area contributed by atoms with Crippen LogP contribution in [0.25, 0.3) is 0 Å². The number of unbranched alkanes of at least 4 members (excludes halogenated alkanes) is 1. The topological polar surface area (TPSA) is 59.0 Å². The Labute approximate surface area is 123 Å². The Hall–Kier alpha value is -2.21. The third-order valence-electron chi connectivity index (χ3n) is 2.99. The maximum absolute atomic E-state index is 12.7. The van der Waals surface area contributed by atoms with E-state index in [0.717, 1.165) is 25.9 Å². The van der Waals surface area contributed by atoms with Crippen LogP contribution in [0.5, 0.6) is 0 Å². The number of imidazole rings is 1. The molecule has 0 unspecified atom stereocenters. The largest absolute Gasteiger partial charge is 0.337 e. The van der Waals surface area contributed by atoms with E-state index in [1.54, 1.807) is 24.7 Å². The van der Waals surface area contributed by atoms with Gasteiger partial charge in [0.05, 0.1) is 12.9 Å². The fraction of sp³-hybridized carbons (Fsp3) is 0.333. The number of amides is 1. The minimum absolute atomic E-state index is 0.129. The first-order chi connectivity index (χ1) is 10.2. The number of carbonyl (C=O) groups is 1. The van der Waals surface area contributed by atoms with Gasteiger partial charge in [0, 0.05) is 24.6 Å². The van der Waals surface area contributed by atoms with E-state index in [-0.39, 0.29) is 18.3 Å². The van der Waals surface area contributed by atoms with Gasteiger partial charge in [-0.2, -0.15) is 0 Å². The monoisotopic (exact) mass is 290 g/mol. The SMILES string of the molecule is O=C(CNCCCCn1ccnc1)Nc1ccc(F)cc1. The average molecular weight is 290 g/mol. The first-order valence-corrected chi connectivity index (χ1v) is 6.96. The second-order valence-corrected chi connectivity index (χ2v) is 4.74. The first kappa shape index (κ1) is 15.2. The molecule has 0 aliphatic heterocycles. The summed E-state index contributed by atoms with van der Waals surface area (Å²) in [5.41, 5.74) is 0.600. The van der Waals surface area contributed by atoms with Gasteiger partial charge in [0.1, 0.15) is 5.82 Å². The molecule has 0 fully saturated rings. The Balaban J connectivity index is 1.54. The van der Waals surface area contributed by atoms with Crippen molar-refractivity contribution in [2.75, 3.05) is 18.4 Å². The Bertz CT molecular complexity index is 539. The number of nitrogens with zero attached hydrogens (tertiary/aromatic N) is 2. The number of benzene rings is 1. The van der Waals surface area contributed by atoms with Crippen molar-refractivity contribution in [3.05, 3.63) is 48.8 Å². The van der Waals surface area contributed by atoms with Crippen LogP contribution in [0.1, 0.15) is 12.8 Å². The first-order valence-electron chi connectivity index (χ1n) is 6.96. The zero-order valence-corrected chi connectivity index (χ0v) is 11.8. The average Bonchev–Trinajstić information content (AvgIpc) is 2.98. The predicted molar refractivity (Wildman–Crippen MR) is 79.4 cm³/mol. The molecule has 1 aromatic heterocycles. The van der Waals surface area contributed by atoms with E-state index in [2.05, 4.69) is 15.6 Å². The molecule has 0 atom stereocenters. The highest BCUT2D eigenvalue weighted by molar-refractivity contribution is 5.92. The number of anilines is 1. The molecule has 2 N–H and O–H groups in total. The lowest BCUT2D eigenvalue weighted by atomic mass is 10.3. The number of rotatable bonds is 8. The predicted octanol–water partition coefficient (Wildman–Crippen LogP) is 2.03. The summed E-state index contributed by atoms with van der Waals surface area (Å²) in [6.07, 6.45) is 7.51. The van der Waals surface area contributed by atoms with Crippen LogP contribution in [0.4, 0.5) is 10.1 Å². The van der Waals surface area contributed by atoms with Gasteiger partial charge in [-0.15, -0.1) is 0 Å².